The van der Waals surface area contributed by atoms with E-state index >= 15 is 4.39 Å². The number of hydrogen-bond donors (Lipinski definition) is 1. The fraction of sp³-hybridized carbons (Fsp3) is 0.226. The van der Waals surface area contributed by atoms with Gasteiger partial charge in [0.2, 0.25) is 11.9 Å². The molecule has 1 aliphatic heterocycles. The Balaban J connectivity index is 1.16. The van der Waals surface area contributed by atoms with Gasteiger partial charge in [0, 0.05) is 60.8 Å². The summed E-state index contributed by atoms with van der Waals surface area (Å²) >= 11 is 1.43. The van der Waals surface area contributed by atoms with Crippen LogP contribution >= 0.6 is 11.3 Å². The van der Waals surface area contributed by atoms with Crippen molar-refractivity contribution in [3.05, 3.63) is 103 Å². The number of rotatable bonds is 9. The molecule has 0 saturated carbocycles. The summed E-state index contributed by atoms with van der Waals surface area (Å²) < 4.78 is 32.2. The summed E-state index contributed by atoms with van der Waals surface area (Å²) in [5, 5.41) is 11.8. The fourth-order valence-electron chi connectivity index (χ4n) is 5.59. The minimum absolute atomic E-state index is 0.213. The van der Waals surface area contributed by atoms with Gasteiger partial charge in [-0.2, -0.15) is 4.39 Å². The molecule has 1 unspecified atom stereocenters. The van der Waals surface area contributed by atoms with Crippen molar-refractivity contribution in [2.45, 2.75) is 25.4 Å². The Morgan fingerprint density at radius 3 is 2.81 bits per heavy atom. The van der Waals surface area contributed by atoms with Crippen molar-refractivity contribution < 1.29 is 8.78 Å². The van der Waals surface area contributed by atoms with Gasteiger partial charge in [-0.3, -0.25) is 14.6 Å². The number of thiophene rings is 1. The molecule has 7 rings (SSSR count). The van der Waals surface area contributed by atoms with Crippen molar-refractivity contribution in [2.75, 3.05) is 25.0 Å². The zero-order chi connectivity index (χ0) is 29.2. The number of aromatic nitrogens is 7. The molecule has 1 saturated heterocycles. The van der Waals surface area contributed by atoms with Gasteiger partial charge in [0.1, 0.15) is 5.69 Å². The molecular formula is C31H27F2N9S. The summed E-state index contributed by atoms with van der Waals surface area (Å²) in [6, 6.07) is 13.4. The molecule has 1 aromatic carbocycles. The first-order valence-electron chi connectivity index (χ1n) is 14.0. The molecule has 12 heteroatoms. The molecule has 1 atom stereocenters. The van der Waals surface area contributed by atoms with E-state index in [1.807, 2.05) is 36.5 Å². The number of benzene rings is 1. The van der Waals surface area contributed by atoms with Crippen LogP contribution in [0.5, 0.6) is 0 Å². The lowest BCUT2D eigenvalue weighted by Crippen LogP contribution is -2.20. The van der Waals surface area contributed by atoms with Crippen molar-refractivity contribution in [2.24, 2.45) is 0 Å². The Morgan fingerprint density at radius 1 is 1.00 bits per heavy atom. The van der Waals surface area contributed by atoms with Crippen molar-refractivity contribution in [1.82, 2.24) is 39.8 Å². The molecule has 43 heavy (non-hydrogen) atoms. The third kappa shape index (κ3) is 5.84. The van der Waals surface area contributed by atoms with Crippen LogP contribution in [-0.2, 0) is 13.1 Å². The summed E-state index contributed by atoms with van der Waals surface area (Å²) in [4.78, 5) is 19.9. The number of pyridine rings is 2. The first-order valence-corrected chi connectivity index (χ1v) is 14.8. The molecule has 0 radical (unpaired) electrons. The van der Waals surface area contributed by atoms with Gasteiger partial charge in [-0.25, -0.2) is 19.3 Å². The van der Waals surface area contributed by atoms with Crippen molar-refractivity contribution >= 4 is 27.4 Å². The van der Waals surface area contributed by atoms with Gasteiger partial charge in [0.05, 0.1) is 23.8 Å². The van der Waals surface area contributed by atoms with Crippen LogP contribution in [-0.4, -0.2) is 59.5 Å². The number of fused-ring (bicyclic) bond motifs is 1. The van der Waals surface area contributed by atoms with E-state index in [1.54, 1.807) is 29.5 Å². The Labute approximate surface area is 250 Å². The summed E-state index contributed by atoms with van der Waals surface area (Å²) in [6.07, 6.45) is 11.0. The van der Waals surface area contributed by atoms with Gasteiger partial charge in [-0.1, -0.05) is 29.5 Å². The SMILES string of the molecule is Fc1cc(-c2cccc3cc(-c4nc(NCCn5ccnn5)ncc4F)sc23)c(CN2CCC(c3cccnc3)C2)cn1. The molecule has 0 spiro atoms. The smallest absolute Gasteiger partial charge is 0.223 e. The second-order valence-electron chi connectivity index (χ2n) is 10.5. The van der Waals surface area contributed by atoms with E-state index in [1.165, 1.54) is 29.2 Å². The lowest BCUT2D eigenvalue weighted by molar-refractivity contribution is 0.326. The van der Waals surface area contributed by atoms with Gasteiger partial charge in [-0.15, -0.1) is 16.4 Å². The van der Waals surface area contributed by atoms with Crippen LogP contribution in [0.3, 0.4) is 0 Å². The fourth-order valence-corrected chi connectivity index (χ4v) is 6.77. The monoisotopic (exact) mass is 595 g/mol. The summed E-state index contributed by atoms with van der Waals surface area (Å²) in [5.41, 5.74) is 4.07. The van der Waals surface area contributed by atoms with E-state index in [4.69, 9.17) is 0 Å². The summed E-state index contributed by atoms with van der Waals surface area (Å²) in [7, 11) is 0. The van der Waals surface area contributed by atoms with Crippen LogP contribution in [0.2, 0.25) is 0 Å². The molecule has 1 aliphatic rings. The molecule has 216 valence electrons. The Bertz CT molecular complexity index is 1860. The van der Waals surface area contributed by atoms with Crippen LogP contribution in [0.15, 0.2) is 79.6 Å². The van der Waals surface area contributed by atoms with Gasteiger partial charge >= 0.3 is 0 Å². The topological polar surface area (TPSA) is 97.5 Å². The van der Waals surface area contributed by atoms with Crippen LogP contribution < -0.4 is 5.32 Å². The van der Waals surface area contributed by atoms with Crippen LogP contribution in [0.1, 0.15) is 23.5 Å². The summed E-state index contributed by atoms with van der Waals surface area (Å²) in [6.45, 7) is 3.55. The normalized spacial score (nSPS) is 15.3. The highest BCUT2D eigenvalue weighted by atomic mass is 32.1. The quantitative estimate of drug-likeness (QED) is 0.210. The number of halogens is 2. The number of nitrogens with one attached hydrogen (secondary N) is 1. The molecule has 5 aromatic heterocycles. The highest BCUT2D eigenvalue weighted by molar-refractivity contribution is 7.22. The molecule has 1 N–H and O–H groups in total. The Morgan fingerprint density at radius 2 is 1.95 bits per heavy atom. The number of hydrogen-bond acceptors (Lipinski definition) is 9. The van der Waals surface area contributed by atoms with E-state index in [0.717, 1.165) is 46.3 Å². The molecule has 6 heterocycles. The highest BCUT2D eigenvalue weighted by Gasteiger charge is 2.25. The van der Waals surface area contributed by atoms with Gasteiger partial charge < -0.3 is 5.32 Å². The van der Waals surface area contributed by atoms with Gasteiger partial charge in [0.15, 0.2) is 5.82 Å². The first-order chi connectivity index (χ1) is 21.1. The zero-order valence-electron chi connectivity index (χ0n) is 23.1. The lowest BCUT2D eigenvalue weighted by Gasteiger charge is -2.19. The van der Waals surface area contributed by atoms with Gasteiger partial charge in [0.25, 0.3) is 0 Å². The predicted molar refractivity (Wildman–Crippen MR) is 161 cm³/mol. The molecule has 0 aliphatic carbocycles. The van der Waals surface area contributed by atoms with Gasteiger partial charge in [-0.05, 0) is 53.1 Å². The average molecular weight is 596 g/mol. The number of anilines is 1. The predicted octanol–water partition coefficient (Wildman–Crippen LogP) is 5.79. The second kappa shape index (κ2) is 11.9. The molecular weight excluding hydrogens is 568 g/mol. The maximum absolute atomic E-state index is 15.0. The van der Waals surface area contributed by atoms with E-state index in [0.29, 0.717) is 36.4 Å². The third-order valence-corrected chi connectivity index (χ3v) is 8.87. The highest BCUT2D eigenvalue weighted by Crippen LogP contribution is 2.41. The van der Waals surface area contributed by atoms with E-state index in [-0.39, 0.29) is 5.69 Å². The number of nitrogens with zero attached hydrogens (tertiary/aromatic N) is 8. The largest absolute Gasteiger partial charge is 0.352 e. The van der Waals surface area contributed by atoms with E-state index < -0.39 is 11.8 Å². The molecule has 0 amide bonds. The average Bonchev–Trinajstić information content (AvgIpc) is 3.81. The maximum atomic E-state index is 15.0. The number of likely N-dealkylation sites (tertiary alicyclic amines) is 1. The molecule has 6 aromatic rings. The minimum Gasteiger partial charge on any atom is -0.352 e. The molecule has 9 nitrogen and oxygen atoms in total. The maximum Gasteiger partial charge on any atom is 0.223 e. The molecule has 1 fully saturated rings. The Hall–Kier alpha value is -4.68. The zero-order valence-corrected chi connectivity index (χ0v) is 23.9. The van der Waals surface area contributed by atoms with E-state index in [2.05, 4.69) is 46.5 Å². The standard InChI is InChI=1S/C31H27F2N9S/c32-26-17-37-31(35-8-11-42-12-9-38-40-42)39-29(26)27-13-20-3-1-5-24(30(20)43-27)25-14-28(33)36-16-23(25)19-41-10-6-22(18-41)21-4-2-7-34-15-21/h1-5,7,9,12-17,22H,6,8,10-11,18-19H2,(H,35,37,39). The lowest BCUT2D eigenvalue weighted by atomic mass is 9.99. The second-order valence-corrected chi connectivity index (χ2v) is 11.5. The first kappa shape index (κ1) is 27.2. The molecule has 0 bridgehead atoms. The van der Waals surface area contributed by atoms with Crippen molar-refractivity contribution in [3.8, 4) is 21.7 Å². The Kier molecular flexibility index (Phi) is 7.52. The van der Waals surface area contributed by atoms with Crippen LogP contribution in [0.25, 0.3) is 31.8 Å². The minimum atomic E-state index is -0.536. The van der Waals surface area contributed by atoms with Crippen molar-refractivity contribution in [1.29, 1.82) is 0 Å². The third-order valence-electron chi connectivity index (χ3n) is 7.68. The van der Waals surface area contributed by atoms with Crippen LogP contribution in [0.4, 0.5) is 14.7 Å². The summed E-state index contributed by atoms with van der Waals surface area (Å²) in [5.74, 6) is -0.310. The van der Waals surface area contributed by atoms with Crippen LogP contribution in [0, 0.1) is 11.8 Å². The van der Waals surface area contributed by atoms with Crippen molar-refractivity contribution in [3.63, 3.8) is 0 Å². The van der Waals surface area contributed by atoms with E-state index in [9.17, 15) is 4.39 Å².